The first-order valence-corrected chi connectivity index (χ1v) is 5.63. The normalized spacial score (nSPS) is 12.0. The summed E-state index contributed by atoms with van der Waals surface area (Å²) >= 11 is 0. The van der Waals surface area contributed by atoms with E-state index < -0.39 is 17.9 Å². The first-order chi connectivity index (χ1) is 8.38. The molecule has 0 saturated heterocycles. The van der Waals surface area contributed by atoms with Crippen LogP contribution in [-0.4, -0.2) is 34.7 Å². The van der Waals surface area contributed by atoms with Gasteiger partial charge in [0.1, 0.15) is 0 Å². The van der Waals surface area contributed by atoms with Crippen molar-refractivity contribution in [2.45, 2.75) is 26.8 Å². The third-order valence-electron chi connectivity index (χ3n) is 2.71. The lowest BCUT2D eigenvalue weighted by Crippen LogP contribution is -2.36. The second-order valence-corrected chi connectivity index (χ2v) is 4.31. The van der Waals surface area contributed by atoms with Crippen molar-refractivity contribution in [1.82, 2.24) is 5.32 Å². The van der Waals surface area contributed by atoms with E-state index in [1.54, 1.807) is 32.9 Å². The molecule has 5 heteroatoms. The van der Waals surface area contributed by atoms with Gasteiger partial charge in [0, 0.05) is 6.04 Å². The second-order valence-electron chi connectivity index (χ2n) is 4.31. The van der Waals surface area contributed by atoms with Crippen molar-refractivity contribution in [3.63, 3.8) is 0 Å². The molecule has 0 saturated carbocycles. The monoisotopic (exact) mass is 251 g/mol. The lowest BCUT2D eigenvalue weighted by Gasteiger charge is -2.15. The van der Waals surface area contributed by atoms with E-state index in [4.69, 9.17) is 5.11 Å². The second kappa shape index (κ2) is 5.64. The summed E-state index contributed by atoms with van der Waals surface area (Å²) in [6.07, 6.45) is 0. The van der Waals surface area contributed by atoms with E-state index in [0.717, 1.165) is 0 Å². The molecule has 5 nitrogen and oxygen atoms in total. The third-order valence-corrected chi connectivity index (χ3v) is 2.71. The molecule has 0 spiro atoms. The molecule has 1 aromatic rings. The lowest BCUT2D eigenvalue weighted by molar-refractivity contribution is 0.0689. The number of carbonyl (C=O) groups excluding carboxylic acids is 1. The third kappa shape index (κ3) is 2.87. The Morgan fingerprint density at radius 2 is 1.72 bits per heavy atom. The van der Waals surface area contributed by atoms with Crippen LogP contribution >= 0.6 is 0 Å². The zero-order valence-corrected chi connectivity index (χ0v) is 10.7. The summed E-state index contributed by atoms with van der Waals surface area (Å²) in [6.45, 7) is 4.78. The summed E-state index contributed by atoms with van der Waals surface area (Å²) in [5.41, 5.74) is 1.30. The topological polar surface area (TPSA) is 86.6 Å². The smallest absolute Gasteiger partial charge is 0.336 e. The SMILES string of the molecule is Cc1ccc(C)c(C(=O)N[C@H](C)CO)c1C(=O)O. The summed E-state index contributed by atoms with van der Waals surface area (Å²) < 4.78 is 0. The fourth-order valence-electron chi connectivity index (χ4n) is 1.72. The fourth-order valence-corrected chi connectivity index (χ4v) is 1.72. The van der Waals surface area contributed by atoms with Crippen LogP contribution in [0.15, 0.2) is 12.1 Å². The Hall–Kier alpha value is -1.88. The minimum absolute atomic E-state index is 0.0117. The largest absolute Gasteiger partial charge is 0.478 e. The van der Waals surface area contributed by atoms with Gasteiger partial charge in [0.05, 0.1) is 17.7 Å². The number of aromatic carboxylic acids is 1. The van der Waals surface area contributed by atoms with E-state index in [0.29, 0.717) is 11.1 Å². The highest BCUT2D eigenvalue weighted by Gasteiger charge is 2.21. The quantitative estimate of drug-likeness (QED) is 0.748. The molecule has 0 aliphatic heterocycles. The number of carboxylic acids is 1. The molecule has 18 heavy (non-hydrogen) atoms. The Kier molecular flexibility index (Phi) is 4.44. The van der Waals surface area contributed by atoms with Gasteiger partial charge in [-0.25, -0.2) is 4.79 Å². The summed E-state index contributed by atoms with van der Waals surface area (Å²) in [7, 11) is 0. The van der Waals surface area contributed by atoms with Gasteiger partial charge in [-0.15, -0.1) is 0 Å². The Morgan fingerprint density at radius 3 is 2.17 bits per heavy atom. The van der Waals surface area contributed by atoms with Crippen LogP contribution in [0.5, 0.6) is 0 Å². The van der Waals surface area contributed by atoms with E-state index >= 15 is 0 Å². The van der Waals surface area contributed by atoms with Gasteiger partial charge in [-0.05, 0) is 31.9 Å². The number of hydrogen-bond acceptors (Lipinski definition) is 3. The number of carbonyl (C=O) groups is 2. The molecule has 1 aromatic carbocycles. The minimum atomic E-state index is -1.13. The van der Waals surface area contributed by atoms with Crippen LogP contribution in [0, 0.1) is 13.8 Å². The molecule has 0 unspecified atom stereocenters. The molecule has 0 aliphatic rings. The highest BCUT2D eigenvalue weighted by Crippen LogP contribution is 2.19. The first kappa shape index (κ1) is 14.2. The maximum atomic E-state index is 12.0. The summed E-state index contributed by atoms with van der Waals surface area (Å²) in [5, 5.41) is 20.6. The Bertz CT molecular complexity index is 482. The number of benzene rings is 1. The number of hydrogen-bond donors (Lipinski definition) is 3. The molecule has 0 heterocycles. The lowest BCUT2D eigenvalue weighted by atomic mass is 9.96. The fraction of sp³-hybridized carbons (Fsp3) is 0.385. The van der Waals surface area contributed by atoms with Crippen molar-refractivity contribution in [2.24, 2.45) is 0 Å². The van der Waals surface area contributed by atoms with Gasteiger partial charge >= 0.3 is 5.97 Å². The summed E-state index contributed by atoms with van der Waals surface area (Å²) in [5.74, 6) is -1.60. The van der Waals surface area contributed by atoms with Gasteiger partial charge in [-0.3, -0.25) is 4.79 Å². The number of aliphatic hydroxyl groups is 1. The zero-order chi connectivity index (χ0) is 13.9. The van der Waals surface area contributed by atoms with Gasteiger partial charge in [0.15, 0.2) is 0 Å². The van der Waals surface area contributed by atoms with Gasteiger partial charge in [0.2, 0.25) is 0 Å². The standard InChI is InChI=1S/C13H17NO4/c1-7-4-5-8(2)11(13(17)18)10(7)12(16)14-9(3)6-15/h4-5,9,15H,6H2,1-3H3,(H,14,16)(H,17,18)/t9-/m1/s1. The molecule has 0 fully saturated rings. The van der Waals surface area contributed by atoms with E-state index in [9.17, 15) is 14.7 Å². The average Bonchev–Trinajstić information content (AvgIpc) is 2.30. The van der Waals surface area contributed by atoms with Crippen molar-refractivity contribution in [2.75, 3.05) is 6.61 Å². The number of aliphatic hydroxyl groups excluding tert-OH is 1. The number of nitrogens with one attached hydrogen (secondary N) is 1. The highest BCUT2D eigenvalue weighted by atomic mass is 16.4. The highest BCUT2D eigenvalue weighted by molar-refractivity contribution is 6.06. The molecule has 0 aliphatic carbocycles. The molecule has 1 amide bonds. The number of aryl methyl sites for hydroxylation is 2. The average molecular weight is 251 g/mol. The number of amides is 1. The van der Waals surface area contributed by atoms with Crippen LogP contribution in [-0.2, 0) is 0 Å². The van der Waals surface area contributed by atoms with E-state index in [1.807, 2.05) is 0 Å². The predicted octanol–water partition coefficient (Wildman–Crippen LogP) is 1.11. The Labute approximate surface area is 105 Å². The zero-order valence-electron chi connectivity index (χ0n) is 10.7. The Morgan fingerprint density at radius 1 is 1.22 bits per heavy atom. The van der Waals surface area contributed by atoms with E-state index in [-0.39, 0.29) is 17.7 Å². The van der Waals surface area contributed by atoms with Crippen molar-refractivity contribution in [3.05, 3.63) is 34.4 Å². The van der Waals surface area contributed by atoms with Crippen LogP contribution in [0.25, 0.3) is 0 Å². The molecule has 0 aromatic heterocycles. The molecular formula is C13H17NO4. The number of carboxylic acid groups (broad SMARTS) is 1. The number of rotatable bonds is 4. The van der Waals surface area contributed by atoms with Gasteiger partial charge in [-0.2, -0.15) is 0 Å². The molecular weight excluding hydrogens is 234 g/mol. The summed E-state index contributed by atoms with van der Waals surface area (Å²) in [4.78, 5) is 23.3. The van der Waals surface area contributed by atoms with Crippen LogP contribution in [0.3, 0.4) is 0 Å². The van der Waals surface area contributed by atoms with Crippen LogP contribution < -0.4 is 5.32 Å². The molecule has 98 valence electrons. The van der Waals surface area contributed by atoms with Crippen molar-refractivity contribution in [1.29, 1.82) is 0 Å². The maximum absolute atomic E-state index is 12.0. The Balaban J connectivity index is 3.26. The van der Waals surface area contributed by atoms with Crippen molar-refractivity contribution in [3.8, 4) is 0 Å². The van der Waals surface area contributed by atoms with Crippen LogP contribution in [0.1, 0.15) is 38.8 Å². The van der Waals surface area contributed by atoms with Crippen molar-refractivity contribution >= 4 is 11.9 Å². The molecule has 1 rings (SSSR count). The van der Waals surface area contributed by atoms with Crippen LogP contribution in [0.4, 0.5) is 0 Å². The van der Waals surface area contributed by atoms with Gasteiger partial charge < -0.3 is 15.5 Å². The molecule has 0 radical (unpaired) electrons. The van der Waals surface area contributed by atoms with Gasteiger partial charge in [-0.1, -0.05) is 12.1 Å². The van der Waals surface area contributed by atoms with E-state index in [1.165, 1.54) is 0 Å². The van der Waals surface area contributed by atoms with Gasteiger partial charge in [0.25, 0.3) is 5.91 Å². The minimum Gasteiger partial charge on any atom is -0.478 e. The van der Waals surface area contributed by atoms with Crippen molar-refractivity contribution < 1.29 is 19.8 Å². The summed E-state index contributed by atoms with van der Waals surface area (Å²) in [6, 6.07) is 2.96. The van der Waals surface area contributed by atoms with Crippen LogP contribution in [0.2, 0.25) is 0 Å². The first-order valence-electron chi connectivity index (χ1n) is 5.63. The predicted molar refractivity (Wildman–Crippen MR) is 66.9 cm³/mol. The molecule has 3 N–H and O–H groups in total. The molecule has 1 atom stereocenters. The molecule has 0 bridgehead atoms. The van der Waals surface area contributed by atoms with E-state index in [2.05, 4.69) is 5.32 Å². The maximum Gasteiger partial charge on any atom is 0.336 e.